The molecule has 1 rings (SSSR count). The van der Waals surface area contributed by atoms with E-state index >= 15 is 0 Å². The molecule has 1 heterocycles. The van der Waals surface area contributed by atoms with Crippen LogP contribution in [-0.4, -0.2) is 62.7 Å². The molecule has 1 N–H and O–H groups in total. The first-order valence-electron chi connectivity index (χ1n) is 6.97. The van der Waals surface area contributed by atoms with Gasteiger partial charge in [-0.05, 0) is 33.6 Å². The molecule has 0 radical (unpaired) electrons. The Morgan fingerprint density at radius 3 is 2.35 bits per heavy atom. The highest BCUT2D eigenvalue weighted by atomic mass is 32.2. The summed E-state index contributed by atoms with van der Waals surface area (Å²) in [5.74, 6) is 0.513. The minimum Gasteiger partial charge on any atom is -0.444 e. The van der Waals surface area contributed by atoms with Crippen LogP contribution in [0.3, 0.4) is 0 Å². The third-order valence-electron chi connectivity index (χ3n) is 3.14. The van der Waals surface area contributed by atoms with Gasteiger partial charge in [0.1, 0.15) is 15.4 Å². The zero-order valence-electron chi connectivity index (χ0n) is 12.8. The first kappa shape index (κ1) is 17.2. The van der Waals surface area contributed by atoms with Gasteiger partial charge in [0.15, 0.2) is 0 Å². The maximum absolute atomic E-state index is 11.7. The Hall–Kier alpha value is -0.820. The number of sulfone groups is 1. The number of ether oxygens (including phenoxy) is 1. The highest BCUT2D eigenvalue weighted by Gasteiger charge is 2.23. The smallest absolute Gasteiger partial charge is 0.410 e. The van der Waals surface area contributed by atoms with E-state index in [-0.39, 0.29) is 23.6 Å². The molecular formula is C13H26N2O4S. The van der Waals surface area contributed by atoms with Crippen LogP contribution in [0.2, 0.25) is 0 Å². The largest absolute Gasteiger partial charge is 0.444 e. The third kappa shape index (κ3) is 6.56. The number of nitrogens with one attached hydrogen (secondary N) is 1. The van der Waals surface area contributed by atoms with Crippen molar-refractivity contribution in [2.75, 3.05) is 31.6 Å². The van der Waals surface area contributed by atoms with E-state index in [0.717, 1.165) is 0 Å². The van der Waals surface area contributed by atoms with Crippen LogP contribution in [0.4, 0.5) is 4.79 Å². The molecule has 0 bridgehead atoms. The predicted octanol–water partition coefficient (Wildman–Crippen LogP) is 1.02. The summed E-state index contributed by atoms with van der Waals surface area (Å²) in [6, 6.07) is 0.227. The first-order chi connectivity index (χ1) is 9.09. The minimum absolute atomic E-state index is 0.227. The third-order valence-corrected chi connectivity index (χ3v) is 4.86. The van der Waals surface area contributed by atoms with Crippen LogP contribution in [0.15, 0.2) is 0 Å². The van der Waals surface area contributed by atoms with Crippen molar-refractivity contribution in [3.05, 3.63) is 0 Å². The second-order valence-electron chi connectivity index (χ2n) is 6.28. The van der Waals surface area contributed by atoms with Gasteiger partial charge in [0.25, 0.3) is 0 Å². The topological polar surface area (TPSA) is 75.7 Å². The Morgan fingerprint density at radius 2 is 1.85 bits per heavy atom. The van der Waals surface area contributed by atoms with Gasteiger partial charge in [0.05, 0.1) is 11.5 Å². The summed E-state index contributed by atoms with van der Waals surface area (Å²) in [5.41, 5.74) is -0.490. The monoisotopic (exact) mass is 306 g/mol. The van der Waals surface area contributed by atoms with Gasteiger partial charge in [0, 0.05) is 26.2 Å². The lowest BCUT2D eigenvalue weighted by Gasteiger charge is -2.26. The van der Waals surface area contributed by atoms with Gasteiger partial charge in [0.2, 0.25) is 0 Å². The molecule has 6 nitrogen and oxygen atoms in total. The fourth-order valence-corrected chi connectivity index (χ4v) is 3.45. The van der Waals surface area contributed by atoms with Gasteiger partial charge in [-0.25, -0.2) is 13.2 Å². The van der Waals surface area contributed by atoms with Crippen molar-refractivity contribution < 1.29 is 17.9 Å². The van der Waals surface area contributed by atoms with E-state index in [2.05, 4.69) is 5.32 Å². The maximum Gasteiger partial charge on any atom is 0.410 e. The van der Waals surface area contributed by atoms with Crippen LogP contribution in [0.1, 0.15) is 33.6 Å². The van der Waals surface area contributed by atoms with E-state index in [9.17, 15) is 13.2 Å². The molecule has 20 heavy (non-hydrogen) atoms. The van der Waals surface area contributed by atoms with Gasteiger partial charge in [-0.2, -0.15) is 0 Å². The molecule has 0 aromatic heterocycles. The molecular weight excluding hydrogens is 280 g/mol. The predicted molar refractivity (Wildman–Crippen MR) is 78.5 cm³/mol. The van der Waals surface area contributed by atoms with E-state index in [1.54, 1.807) is 7.05 Å². The molecule has 0 atom stereocenters. The van der Waals surface area contributed by atoms with E-state index in [4.69, 9.17) is 4.74 Å². The number of amides is 1. The van der Waals surface area contributed by atoms with Crippen LogP contribution in [0, 0.1) is 0 Å². The van der Waals surface area contributed by atoms with Gasteiger partial charge in [-0.3, -0.25) is 0 Å². The number of likely N-dealkylation sites (N-methyl/N-ethyl adjacent to an activating group) is 1. The van der Waals surface area contributed by atoms with Crippen molar-refractivity contribution in [3.63, 3.8) is 0 Å². The van der Waals surface area contributed by atoms with Crippen LogP contribution in [-0.2, 0) is 14.6 Å². The molecule has 118 valence electrons. The molecule has 0 spiro atoms. The Balaban J connectivity index is 2.22. The van der Waals surface area contributed by atoms with E-state index < -0.39 is 15.4 Å². The highest BCUT2D eigenvalue weighted by Crippen LogP contribution is 2.12. The summed E-state index contributed by atoms with van der Waals surface area (Å²) in [5, 5.41) is 3.29. The lowest BCUT2D eigenvalue weighted by Crippen LogP contribution is -2.42. The van der Waals surface area contributed by atoms with Gasteiger partial charge >= 0.3 is 6.09 Å². The molecule has 1 aliphatic rings. The number of hydrogen-bond donors (Lipinski definition) is 1. The zero-order chi connectivity index (χ0) is 15.4. The number of carbonyl (C=O) groups is 1. The van der Waals surface area contributed by atoms with E-state index in [0.29, 0.717) is 25.9 Å². The maximum atomic E-state index is 11.7. The lowest BCUT2D eigenvalue weighted by molar-refractivity contribution is 0.0299. The van der Waals surface area contributed by atoms with Crippen molar-refractivity contribution >= 4 is 15.9 Å². The lowest BCUT2D eigenvalue weighted by atomic mass is 10.1. The highest BCUT2D eigenvalue weighted by molar-refractivity contribution is 7.91. The molecule has 0 aromatic carbocycles. The summed E-state index contributed by atoms with van der Waals surface area (Å²) >= 11 is 0. The molecule has 1 saturated heterocycles. The van der Waals surface area contributed by atoms with E-state index in [1.165, 1.54) is 4.90 Å². The molecule has 0 aliphatic carbocycles. The Bertz CT molecular complexity index is 414. The average molecular weight is 306 g/mol. The molecule has 1 aliphatic heterocycles. The summed E-state index contributed by atoms with van der Waals surface area (Å²) in [6.45, 7) is 6.68. The number of hydrogen-bond acceptors (Lipinski definition) is 5. The first-order valence-corrected chi connectivity index (χ1v) is 8.79. The van der Waals surface area contributed by atoms with Crippen LogP contribution >= 0.6 is 0 Å². The number of nitrogens with zero attached hydrogens (tertiary/aromatic N) is 1. The standard InChI is InChI=1S/C13H26N2O4S/c1-13(2,3)19-12(16)15(4)8-7-14-11-5-9-20(17,18)10-6-11/h11,14H,5-10H2,1-4H3. The Kier molecular flexibility index (Phi) is 5.82. The number of carbonyl (C=O) groups excluding carboxylic acids is 1. The van der Waals surface area contributed by atoms with Crippen molar-refractivity contribution in [1.29, 1.82) is 0 Å². The fourth-order valence-electron chi connectivity index (χ4n) is 1.96. The summed E-state index contributed by atoms with van der Waals surface area (Å²) in [4.78, 5) is 13.2. The van der Waals surface area contributed by atoms with Crippen molar-refractivity contribution in [1.82, 2.24) is 10.2 Å². The zero-order valence-corrected chi connectivity index (χ0v) is 13.6. The Morgan fingerprint density at radius 1 is 1.30 bits per heavy atom. The number of rotatable bonds is 4. The van der Waals surface area contributed by atoms with Crippen molar-refractivity contribution in [2.45, 2.75) is 45.3 Å². The van der Waals surface area contributed by atoms with Crippen molar-refractivity contribution in [3.8, 4) is 0 Å². The van der Waals surface area contributed by atoms with Crippen LogP contribution in [0.25, 0.3) is 0 Å². The van der Waals surface area contributed by atoms with Gasteiger partial charge in [-0.1, -0.05) is 0 Å². The fraction of sp³-hybridized carbons (Fsp3) is 0.923. The molecule has 0 saturated carbocycles. The Labute approximate surface area is 121 Å². The van der Waals surface area contributed by atoms with Gasteiger partial charge in [-0.15, -0.1) is 0 Å². The molecule has 7 heteroatoms. The summed E-state index contributed by atoms with van der Waals surface area (Å²) in [6.07, 6.45) is 0.960. The molecule has 1 fully saturated rings. The molecule has 0 unspecified atom stereocenters. The molecule has 1 amide bonds. The minimum atomic E-state index is -2.82. The van der Waals surface area contributed by atoms with Crippen LogP contribution in [0.5, 0.6) is 0 Å². The van der Waals surface area contributed by atoms with E-state index in [1.807, 2.05) is 20.8 Å². The summed E-state index contributed by atoms with van der Waals surface area (Å²) in [7, 11) is -1.12. The van der Waals surface area contributed by atoms with Gasteiger partial charge < -0.3 is 15.0 Å². The quantitative estimate of drug-likeness (QED) is 0.839. The SMILES string of the molecule is CN(CCNC1CCS(=O)(=O)CC1)C(=O)OC(C)(C)C. The van der Waals surface area contributed by atoms with Crippen LogP contribution < -0.4 is 5.32 Å². The average Bonchev–Trinajstić information content (AvgIpc) is 2.29. The normalized spacial score (nSPS) is 19.6. The second kappa shape index (κ2) is 6.76. The molecule has 0 aromatic rings. The van der Waals surface area contributed by atoms with Crippen molar-refractivity contribution in [2.24, 2.45) is 0 Å². The summed E-state index contributed by atoms with van der Waals surface area (Å²) < 4.78 is 27.9. The second-order valence-corrected chi connectivity index (χ2v) is 8.59.